The minimum Gasteiger partial charge on any atom is -0.481 e. The van der Waals surface area contributed by atoms with Crippen molar-refractivity contribution in [3.8, 4) is 0 Å². The molecule has 0 spiro atoms. The second-order valence-electron chi connectivity index (χ2n) is 10.0. The molecule has 0 fully saturated rings. The van der Waals surface area contributed by atoms with Crippen molar-refractivity contribution in [1.29, 1.82) is 0 Å². The number of carboxylic acid groups (broad SMARTS) is 1. The second-order valence-corrected chi connectivity index (χ2v) is 10.0. The van der Waals surface area contributed by atoms with Crippen molar-refractivity contribution in [3.05, 3.63) is 0 Å². The highest BCUT2D eigenvalue weighted by molar-refractivity contribution is 5.66. The fraction of sp³-hybridized carbons (Fsp3) is 0.966. The third-order valence-corrected chi connectivity index (χ3v) is 6.70. The molecule has 3 nitrogen and oxygen atoms in total. The summed E-state index contributed by atoms with van der Waals surface area (Å²) in [5, 5.41) is 12.2. The minimum atomic E-state index is -0.655. The molecule has 0 radical (unpaired) electrons. The Bertz CT molecular complexity index is 359. The van der Waals surface area contributed by atoms with Crippen molar-refractivity contribution in [2.45, 2.75) is 167 Å². The van der Waals surface area contributed by atoms with Crippen LogP contribution in [-0.2, 0) is 4.79 Å². The molecule has 0 amide bonds. The van der Waals surface area contributed by atoms with Crippen LogP contribution in [0.1, 0.15) is 167 Å². The largest absolute Gasteiger partial charge is 0.481 e. The molecule has 0 atom stereocenters. The molecule has 0 aromatic heterocycles. The van der Waals surface area contributed by atoms with Crippen LogP contribution in [0.2, 0.25) is 0 Å². The van der Waals surface area contributed by atoms with Crippen molar-refractivity contribution < 1.29 is 9.90 Å². The van der Waals surface area contributed by atoms with E-state index < -0.39 is 5.97 Å². The van der Waals surface area contributed by atoms with Gasteiger partial charge in [0.2, 0.25) is 0 Å². The first-order valence-corrected chi connectivity index (χ1v) is 14.7. The SMILES string of the molecule is CCCCCCCCCCCCCCCCCCNCCCCCCCCCCC(=O)O. The topological polar surface area (TPSA) is 49.3 Å². The molecule has 0 unspecified atom stereocenters. The predicted octanol–water partition coefficient (Wildman–Crippen LogP) is 9.43. The van der Waals surface area contributed by atoms with Crippen molar-refractivity contribution in [2.75, 3.05) is 13.1 Å². The molecule has 0 aromatic carbocycles. The summed E-state index contributed by atoms with van der Waals surface area (Å²) in [4.78, 5) is 10.4. The highest BCUT2D eigenvalue weighted by atomic mass is 16.4. The molecule has 0 saturated heterocycles. The summed E-state index contributed by atoms with van der Waals surface area (Å²) in [7, 11) is 0. The smallest absolute Gasteiger partial charge is 0.303 e. The highest BCUT2D eigenvalue weighted by Gasteiger charge is 1.97. The third-order valence-electron chi connectivity index (χ3n) is 6.70. The first-order valence-electron chi connectivity index (χ1n) is 14.7. The van der Waals surface area contributed by atoms with E-state index >= 15 is 0 Å². The summed E-state index contributed by atoms with van der Waals surface area (Å²) in [6.07, 6.45) is 33.0. The van der Waals surface area contributed by atoms with Crippen LogP contribution in [0.25, 0.3) is 0 Å². The molecule has 0 aliphatic carbocycles. The summed E-state index contributed by atoms with van der Waals surface area (Å²) in [5.74, 6) is -0.655. The molecule has 32 heavy (non-hydrogen) atoms. The van der Waals surface area contributed by atoms with E-state index in [1.165, 1.54) is 154 Å². The number of hydrogen-bond donors (Lipinski definition) is 2. The highest BCUT2D eigenvalue weighted by Crippen LogP contribution is 2.14. The van der Waals surface area contributed by atoms with Crippen LogP contribution >= 0.6 is 0 Å². The summed E-state index contributed by atoms with van der Waals surface area (Å²) in [6, 6.07) is 0. The van der Waals surface area contributed by atoms with E-state index in [1.807, 2.05) is 0 Å². The zero-order chi connectivity index (χ0) is 23.4. The van der Waals surface area contributed by atoms with E-state index in [4.69, 9.17) is 5.11 Å². The van der Waals surface area contributed by atoms with Gasteiger partial charge < -0.3 is 10.4 Å². The molecule has 0 rings (SSSR count). The minimum absolute atomic E-state index is 0.338. The molecule has 0 saturated carbocycles. The van der Waals surface area contributed by atoms with Gasteiger partial charge >= 0.3 is 5.97 Å². The number of nitrogens with one attached hydrogen (secondary N) is 1. The average Bonchev–Trinajstić information content (AvgIpc) is 2.78. The van der Waals surface area contributed by atoms with Crippen molar-refractivity contribution in [3.63, 3.8) is 0 Å². The molecule has 192 valence electrons. The normalized spacial score (nSPS) is 11.3. The van der Waals surface area contributed by atoms with Crippen LogP contribution in [0.5, 0.6) is 0 Å². The van der Waals surface area contributed by atoms with Gasteiger partial charge in [-0.3, -0.25) is 4.79 Å². The van der Waals surface area contributed by atoms with Gasteiger partial charge in [-0.2, -0.15) is 0 Å². The Morgan fingerprint density at radius 3 is 1.06 bits per heavy atom. The fourth-order valence-electron chi connectivity index (χ4n) is 4.51. The lowest BCUT2D eigenvalue weighted by Gasteiger charge is -2.06. The van der Waals surface area contributed by atoms with Gasteiger partial charge in [-0.1, -0.05) is 142 Å². The standard InChI is InChI=1S/C29H59NO2/c1-2-3-4-5-6-7-8-9-10-11-12-13-15-18-21-24-27-30-28-25-22-19-16-14-17-20-23-26-29(31)32/h30H,2-28H2,1H3,(H,31,32). The Hall–Kier alpha value is -0.570. The first-order chi connectivity index (χ1) is 15.8. The summed E-state index contributed by atoms with van der Waals surface area (Å²) in [5.41, 5.74) is 0. The Labute approximate surface area is 201 Å². The maximum Gasteiger partial charge on any atom is 0.303 e. The van der Waals surface area contributed by atoms with Gasteiger partial charge in [-0.25, -0.2) is 0 Å². The van der Waals surface area contributed by atoms with Crippen LogP contribution in [0, 0.1) is 0 Å². The van der Waals surface area contributed by atoms with Gasteiger partial charge in [0.05, 0.1) is 0 Å². The molecule has 0 heterocycles. The molecule has 0 aliphatic rings. The Morgan fingerprint density at radius 2 is 0.750 bits per heavy atom. The molecular weight excluding hydrogens is 394 g/mol. The molecule has 0 aromatic rings. The quantitative estimate of drug-likeness (QED) is 0.116. The van der Waals surface area contributed by atoms with Crippen molar-refractivity contribution in [2.24, 2.45) is 0 Å². The number of hydrogen-bond acceptors (Lipinski definition) is 2. The predicted molar refractivity (Wildman–Crippen MR) is 142 cm³/mol. The molecular formula is C29H59NO2. The van der Waals surface area contributed by atoms with E-state index in [9.17, 15) is 4.79 Å². The Balaban J connectivity index is 3.00. The monoisotopic (exact) mass is 453 g/mol. The van der Waals surface area contributed by atoms with Gasteiger partial charge in [0.1, 0.15) is 0 Å². The molecule has 2 N–H and O–H groups in total. The number of unbranched alkanes of at least 4 members (excludes halogenated alkanes) is 22. The first kappa shape index (κ1) is 31.4. The van der Waals surface area contributed by atoms with Gasteiger partial charge in [0, 0.05) is 6.42 Å². The lowest BCUT2D eigenvalue weighted by molar-refractivity contribution is -0.137. The van der Waals surface area contributed by atoms with Crippen LogP contribution in [0.3, 0.4) is 0 Å². The van der Waals surface area contributed by atoms with E-state index in [-0.39, 0.29) is 0 Å². The van der Waals surface area contributed by atoms with Crippen molar-refractivity contribution >= 4 is 5.97 Å². The molecule has 3 heteroatoms. The van der Waals surface area contributed by atoms with Crippen LogP contribution in [0.15, 0.2) is 0 Å². The summed E-state index contributed by atoms with van der Waals surface area (Å²) >= 11 is 0. The van der Waals surface area contributed by atoms with E-state index in [2.05, 4.69) is 12.2 Å². The Morgan fingerprint density at radius 1 is 0.469 bits per heavy atom. The van der Waals surface area contributed by atoms with Crippen LogP contribution in [0.4, 0.5) is 0 Å². The van der Waals surface area contributed by atoms with Gasteiger partial charge in [-0.05, 0) is 32.4 Å². The zero-order valence-electron chi connectivity index (χ0n) is 21.9. The number of aliphatic carboxylic acids is 1. The average molecular weight is 454 g/mol. The van der Waals surface area contributed by atoms with Gasteiger partial charge in [-0.15, -0.1) is 0 Å². The van der Waals surface area contributed by atoms with E-state index in [1.54, 1.807) is 0 Å². The lowest BCUT2D eigenvalue weighted by Crippen LogP contribution is -2.16. The van der Waals surface area contributed by atoms with Crippen molar-refractivity contribution in [1.82, 2.24) is 5.32 Å². The van der Waals surface area contributed by atoms with Gasteiger partial charge in [0.15, 0.2) is 0 Å². The third kappa shape index (κ3) is 29.4. The number of rotatable bonds is 28. The Kier molecular flexibility index (Phi) is 28.0. The summed E-state index contributed by atoms with van der Waals surface area (Å²) in [6.45, 7) is 4.67. The van der Waals surface area contributed by atoms with E-state index in [0.717, 1.165) is 12.8 Å². The van der Waals surface area contributed by atoms with Crippen LogP contribution in [-0.4, -0.2) is 24.2 Å². The number of carbonyl (C=O) groups is 1. The van der Waals surface area contributed by atoms with Crippen LogP contribution < -0.4 is 5.32 Å². The van der Waals surface area contributed by atoms with E-state index in [0.29, 0.717) is 6.42 Å². The lowest BCUT2D eigenvalue weighted by atomic mass is 10.0. The maximum absolute atomic E-state index is 10.4. The summed E-state index contributed by atoms with van der Waals surface area (Å²) < 4.78 is 0. The second kappa shape index (κ2) is 28.5. The van der Waals surface area contributed by atoms with Gasteiger partial charge in [0.25, 0.3) is 0 Å². The number of carboxylic acids is 1. The zero-order valence-corrected chi connectivity index (χ0v) is 21.9. The molecule has 0 aliphatic heterocycles. The maximum atomic E-state index is 10.4. The molecule has 0 bridgehead atoms. The fourth-order valence-corrected chi connectivity index (χ4v) is 4.51.